The maximum atomic E-state index is 14.0. The van der Waals surface area contributed by atoms with E-state index in [4.69, 9.17) is 4.42 Å². The van der Waals surface area contributed by atoms with Crippen LogP contribution < -0.4 is 11.1 Å². The Bertz CT molecular complexity index is 1530. The van der Waals surface area contributed by atoms with Gasteiger partial charge in [-0.1, -0.05) is 36.4 Å². The molecule has 0 bridgehead atoms. The van der Waals surface area contributed by atoms with Gasteiger partial charge in [0.15, 0.2) is 4.67 Å². The SMILES string of the molecule is Cc1c(C(c2ccc(Br)o2)c2c(C)n(C)n(-c3ccccc3)c2=O)c(=O)n(-c2ccccc2)n1C. The zero-order valence-corrected chi connectivity index (χ0v) is 21.5. The molecule has 5 rings (SSSR count). The zero-order valence-electron chi connectivity index (χ0n) is 19.9. The van der Waals surface area contributed by atoms with Gasteiger partial charge in [-0.2, -0.15) is 0 Å². The molecule has 3 aromatic heterocycles. The monoisotopic (exact) mass is 532 g/mol. The van der Waals surface area contributed by atoms with Gasteiger partial charge in [0, 0.05) is 25.5 Å². The molecule has 0 saturated heterocycles. The number of hydrogen-bond acceptors (Lipinski definition) is 3. The second-order valence-corrected chi connectivity index (χ2v) is 9.31. The van der Waals surface area contributed by atoms with Crippen molar-refractivity contribution >= 4 is 15.9 Å². The molecule has 0 aliphatic rings. The maximum absolute atomic E-state index is 14.0. The third-order valence-electron chi connectivity index (χ3n) is 6.65. The van der Waals surface area contributed by atoms with Crippen molar-refractivity contribution in [1.82, 2.24) is 18.7 Å². The van der Waals surface area contributed by atoms with Gasteiger partial charge in [-0.25, -0.2) is 9.36 Å². The van der Waals surface area contributed by atoms with Crippen molar-refractivity contribution in [3.63, 3.8) is 0 Å². The summed E-state index contributed by atoms with van der Waals surface area (Å²) < 4.78 is 13.4. The Morgan fingerprint density at radius 3 is 1.49 bits per heavy atom. The number of furan rings is 1. The van der Waals surface area contributed by atoms with Gasteiger partial charge in [0.1, 0.15) is 5.76 Å². The number of halogens is 1. The van der Waals surface area contributed by atoms with Gasteiger partial charge in [-0.3, -0.25) is 19.0 Å². The van der Waals surface area contributed by atoms with Crippen molar-refractivity contribution in [2.45, 2.75) is 19.8 Å². The van der Waals surface area contributed by atoms with E-state index in [1.807, 2.05) is 104 Å². The quantitative estimate of drug-likeness (QED) is 0.326. The third kappa shape index (κ3) is 3.65. The van der Waals surface area contributed by atoms with Crippen molar-refractivity contribution in [2.24, 2.45) is 14.1 Å². The maximum Gasteiger partial charge on any atom is 0.275 e. The molecule has 0 radical (unpaired) electrons. The lowest BCUT2D eigenvalue weighted by atomic mass is 9.89. The molecule has 0 aliphatic heterocycles. The van der Waals surface area contributed by atoms with Gasteiger partial charge in [-0.15, -0.1) is 0 Å². The summed E-state index contributed by atoms with van der Waals surface area (Å²) in [4.78, 5) is 27.9. The molecule has 0 unspecified atom stereocenters. The molecular formula is C27H25BrN4O3. The van der Waals surface area contributed by atoms with E-state index in [0.717, 1.165) is 22.8 Å². The van der Waals surface area contributed by atoms with Crippen molar-refractivity contribution in [2.75, 3.05) is 0 Å². The van der Waals surface area contributed by atoms with Gasteiger partial charge < -0.3 is 4.42 Å². The van der Waals surface area contributed by atoms with E-state index in [0.29, 0.717) is 21.6 Å². The first-order valence-corrected chi connectivity index (χ1v) is 12.0. The number of rotatable bonds is 5. The molecule has 0 atom stereocenters. The van der Waals surface area contributed by atoms with E-state index < -0.39 is 5.92 Å². The zero-order chi connectivity index (χ0) is 24.9. The molecule has 0 aliphatic carbocycles. The summed E-state index contributed by atoms with van der Waals surface area (Å²) in [6.45, 7) is 3.80. The van der Waals surface area contributed by atoms with Crippen LogP contribution in [0, 0.1) is 13.8 Å². The number of nitrogens with zero attached hydrogens (tertiary/aromatic N) is 4. The van der Waals surface area contributed by atoms with Crippen LogP contribution in [0.3, 0.4) is 0 Å². The van der Waals surface area contributed by atoms with Gasteiger partial charge in [0.05, 0.1) is 28.4 Å². The van der Waals surface area contributed by atoms with Crippen molar-refractivity contribution in [3.8, 4) is 11.4 Å². The smallest absolute Gasteiger partial charge is 0.275 e. The average Bonchev–Trinajstić information content (AvgIpc) is 3.45. The summed E-state index contributed by atoms with van der Waals surface area (Å²) in [5, 5.41) is 0. The summed E-state index contributed by atoms with van der Waals surface area (Å²) in [5.74, 6) is -0.164. The molecule has 5 aromatic rings. The number of hydrogen-bond donors (Lipinski definition) is 0. The number of para-hydroxylation sites is 2. The van der Waals surface area contributed by atoms with E-state index in [9.17, 15) is 9.59 Å². The molecule has 0 amide bonds. The third-order valence-corrected chi connectivity index (χ3v) is 7.08. The van der Waals surface area contributed by atoms with Crippen LogP contribution in [0.2, 0.25) is 0 Å². The van der Waals surface area contributed by atoms with Gasteiger partial charge in [0.2, 0.25) is 0 Å². The second-order valence-electron chi connectivity index (χ2n) is 8.53. The van der Waals surface area contributed by atoms with Crippen LogP contribution in [0.15, 0.2) is 91.5 Å². The predicted octanol–water partition coefficient (Wildman–Crippen LogP) is 4.82. The first-order chi connectivity index (χ1) is 16.8. The Morgan fingerprint density at radius 1 is 0.686 bits per heavy atom. The van der Waals surface area contributed by atoms with Crippen LogP contribution >= 0.6 is 15.9 Å². The lowest BCUT2D eigenvalue weighted by Crippen LogP contribution is -2.26. The molecule has 178 valence electrons. The lowest BCUT2D eigenvalue weighted by Gasteiger charge is -2.13. The van der Waals surface area contributed by atoms with E-state index in [1.165, 1.54) is 0 Å². The van der Waals surface area contributed by atoms with Crippen LogP contribution in [0.1, 0.15) is 34.2 Å². The highest BCUT2D eigenvalue weighted by Gasteiger charge is 2.34. The van der Waals surface area contributed by atoms with Gasteiger partial charge >= 0.3 is 0 Å². The topological polar surface area (TPSA) is 67.0 Å². The average molecular weight is 533 g/mol. The summed E-state index contributed by atoms with van der Waals surface area (Å²) in [7, 11) is 3.70. The first kappa shape index (κ1) is 23.0. The Morgan fingerprint density at radius 2 is 1.11 bits per heavy atom. The molecule has 2 aromatic carbocycles. The van der Waals surface area contributed by atoms with E-state index in [-0.39, 0.29) is 11.1 Å². The molecule has 35 heavy (non-hydrogen) atoms. The lowest BCUT2D eigenvalue weighted by molar-refractivity contribution is 0.480. The molecule has 8 heteroatoms. The van der Waals surface area contributed by atoms with Crippen LogP contribution in [0.5, 0.6) is 0 Å². The molecule has 0 spiro atoms. The highest BCUT2D eigenvalue weighted by molar-refractivity contribution is 9.10. The molecule has 7 nitrogen and oxygen atoms in total. The molecule has 0 N–H and O–H groups in total. The Kier molecular flexibility index (Phi) is 5.76. The van der Waals surface area contributed by atoms with Crippen molar-refractivity contribution in [1.29, 1.82) is 0 Å². The number of benzene rings is 2. The second kappa shape index (κ2) is 8.78. The predicted molar refractivity (Wildman–Crippen MR) is 139 cm³/mol. The summed E-state index contributed by atoms with van der Waals surface area (Å²) in [6, 6.07) is 22.5. The molecule has 0 fully saturated rings. The van der Waals surface area contributed by atoms with Gasteiger partial charge in [0.25, 0.3) is 11.1 Å². The van der Waals surface area contributed by atoms with Crippen LogP contribution in [0.25, 0.3) is 11.4 Å². The minimum atomic E-state index is -0.686. The van der Waals surface area contributed by atoms with E-state index >= 15 is 0 Å². The Balaban J connectivity index is 1.83. The van der Waals surface area contributed by atoms with Crippen molar-refractivity contribution in [3.05, 3.63) is 126 Å². The van der Waals surface area contributed by atoms with Crippen LogP contribution in [-0.4, -0.2) is 18.7 Å². The normalized spacial score (nSPS) is 11.5. The van der Waals surface area contributed by atoms with Crippen molar-refractivity contribution < 1.29 is 4.42 Å². The fourth-order valence-electron chi connectivity index (χ4n) is 4.76. The van der Waals surface area contributed by atoms with Gasteiger partial charge in [-0.05, 0) is 66.2 Å². The van der Waals surface area contributed by atoms with Crippen LogP contribution in [-0.2, 0) is 14.1 Å². The van der Waals surface area contributed by atoms with Crippen LogP contribution in [0.4, 0.5) is 0 Å². The molecular weight excluding hydrogens is 508 g/mol. The summed E-state index contributed by atoms with van der Waals surface area (Å²) in [5.41, 5.74) is 3.63. The fourth-order valence-corrected chi connectivity index (χ4v) is 5.07. The standard InChI is InChI=1S/C27H25BrN4O3/c1-17-23(26(33)31(29(17)3)19-11-7-5-8-12-19)25(21-15-16-22(28)35-21)24-18(2)30(4)32(27(24)34)20-13-9-6-10-14-20/h5-16,25H,1-4H3. The Hall–Kier alpha value is -3.78. The van der Waals surface area contributed by atoms with E-state index in [2.05, 4.69) is 15.9 Å². The molecule has 3 heterocycles. The summed E-state index contributed by atoms with van der Waals surface area (Å²) in [6.07, 6.45) is 0. The molecule has 0 saturated carbocycles. The highest BCUT2D eigenvalue weighted by atomic mass is 79.9. The number of aromatic nitrogens is 4. The fraction of sp³-hybridized carbons (Fsp3) is 0.185. The Labute approximate surface area is 210 Å². The highest BCUT2D eigenvalue weighted by Crippen LogP contribution is 2.35. The first-order valence-electron chi connectivity index (χ1n) is 11.2. The largest absolute Gasteiger partial charge is 0.453 e. The minimum absolute atomic E-state index is 0.192. The summed E-state index contributed by atoms with van der Waals surface area (Å²) >= 11 is 3.39. The minimum Gasteiger partial charge on any atom is -0.453 e. The van der Waals surface area contributed by atoms with E-state index in [1.54, 1.807) is 15.4 Å².